The Kier molecular flexibility index (Phi) is 4.17. The van der Waals surface area contributed by atoms with E-state index < -0.39 is 11.8 Å². The van der Waals surface area contributed by atoms with Gasteiger partial charge in [-0.2, -0.15) is 0 Å². The lowest BCUT2D eigenvalue weighted by molar-refractivity contribution is 0.0690. The van der Waals surface area contributed by atoms with Gasteiger partial charge in [0.05, 0.1) is 16.1 Å². The van der Waals surface area contributed by atoms with Crippen molar-refractivity contribution >= 4 is 34.9 Å². The molecule has 7 heteroatoms. The fourth-order valence-corrected chi connectivity index (χ4v) is 3.19. The van der Waals surface area contributed by atoms with Crippen LogP contribution in [0.5, 0.6) is 0 Å². The van der Waals surface area contributed by atoms with Crippen molar-refractivity contribution in [2.45, 2.75) is 19.4 Å². The van der Waals surface area contributed by atoms with Gasteiger partial charge in [-0.1, -0.05) is 23.2 Å². The Morgan fingerprint density at radius 1 is 1.39 bits per heavy atom. The van der Waals surface area contributed by atoms with Gasteiger partial charge in [-0.25, -0.2) is 14.2 Å². The first-order chi connectivity index (χ1) is 10.9. The van der Waals surface area contributed by atoms with Crippen molar-refractivity contribution in [1.82, 2.24) is 4.98 Å². The van der Waals surface area contributed by atoms with Crippen molar-refractivity contribution in [3.05, 3.63) is 57.1 Å². The Morgan fingerprint density at radius 2 is 2.13 bits per heavy atom. The van der Waals surface area contributed by atoms with Crippen LogP contribution in [0.2, 0.25) is 10.0 Å². The number of fused-ring (bicyclic) bond motifs is 1. The Hall–Kier alpha value is -1.85. The van der Waals surface area contributed by atoms with Crippen LogP contribution in [0.1, 0.15) is 34.6 Å². The van der Waals surface area contributed by atoms with Gasteiger partial charge in [0.15, 0.2) is 0 Å². The second-order valence-electron chi connectivity index (χ2n) is 5.42. The highest BCUT2D eigenvalue weighted by Crippen LogP contribution is 2.37. The molecular weight excluding hydrogens is 342 g/mol. The maximum atomic E-state index is 13.8. The molecule has 0 spiro atoms. The lowest BCUT2D eigenvalue weighted by Crippen LogP contribution is -2.34. The minimum absolute atomic E-state index is 0.0324. The largest absolute Gasteiger partial charge is 0.477 e. The molecular formula is C16H13Cl2FN2O2. The van der Waals surface area contributed by atoms with Gasteiger partial charge >= 0.3 is 5.97 Å². The van der Waals surface area contributed by atoms with E-state index in [1.165, 1.54) is 6.07 Å². The number of nitrogens with zero attached hydrogens (tertiary/aromatic N) is 2. The second kappa shape index (κ2) is 5.98. The summed E-state index contributed by atoms with van der Waals surface area (Å²) in [5, 5.41) is 9.10. The maximum absolute atomic E-state index is 13.8. The molecule has 4 nitrogen and oxygen atoms in total. The number of hydrogen-bond donors (Lipinski definition) is 1. The van der Waals surface area contributed by atoms with E-state index in [1.54, 1.807) is 18.3 Å². The van der Waals surface area contributed by atoms with Crippen molar-refractivity contribution in [3.63, 3.8) is 0 Å². The molecule has 0 saturated heterocycles. The normalized spacial score (nSPS) is 17.0. The molecule has 0 aliphatic carbocycles. The number of carboxylic acid groups (broad SMARTS) is 1. The number of benzene rings is 1. The summed E-state index contributed by atoms with van der Waals surface area (Å²) < 4.78 is 13.8. The van der Waals surface area contributed by atoms with Gasteiger partial charge in [-0.15, -0.1) is 0 Å². The highest BCUT2D eigenvalue weighted by Gasteiger charge is 2.26. The van der Waals surface area contributed by atoms with Gasteiger partial charge in [0.25, 0.3) is 0 Å². The Morgan fingerprint density at radius 3 is 2.78 bits per heavy atom. The maximum Gasteiger partial charge on any atom is 0.354 e. The predicted molar refractivity (Wildman–Crippen MR) is 87.1 cm³/mol. The molecule has 1 aromatic heterocycles. The van der Waals surface area contributed by atoms with E-state index in [4.69, 9.17) is 28.3 Å². The summed E-state index contributed by atoms with van der Waals surface area (Å²) in [6.07, 6.45) is 2.22. The van der Waals surface area contributed by atoms with E-state index in [2.05, 4.69) is 4.98 Å². The third-order valence-electron chi connectivity index (χ3n) is 4.08. The minimum Gasteiger partial charge on any atom is -0.477 e. The molecule has 3 rings (SSSR count). The van der Waals surface area contributed by atoms with Crippen LogP contribution < -0.4 is 4.90 Å². The van der Waals surface area contributed by atoms with Crippen molar-refractivity contribution in [2.24, 2.45) is 0 Å². The summed E-state index contributed by atoms with van der Waals surface area (Å²) in [7, 11) is 0. The number of anilines is 1. The summed E-state index contributed by atoms with van der Waals surface area (Å²) in [5.41, 5.74) is 2.54. The van der Waals surface area contributed by atoms with E-state index in [1.807, 2.05) is 11.8 Å². The molecule has 1 aromatic carbocycles. The summed E-state index contributed by atoms with van der Waals surface area (Å²) in [6, 6.07) is 4.51. The fourth-order valence-electron chi connectivity index (χ4n) is 2.88. The zero-order valence-corrected chi connectivity index (χ0v) is 13.7. The molecule has 1 aliphatic heterocycles. The molecule has 2 heterocycles. The number of rotatable bonds is 2. The second-order valence-corrected chi connectivity index (χ2v) is 6.20. The SMILES string of the molecule is C[C@H]1c2cnc(C(=O)O)cc2CCN1c1cc(F)c(Cl)c(Cl)c1. The summed E-state index contributed by atoms with van der Waals surface area (Å²) in [6.45, 7) is 2.58. The first-order valence-corrected chi connectivity index (χ1v) is 7.77. The van der Waals surface area contributed by atoms with Crippen LogP contribution in [0, 0.1) is 5.82 Å². The molecule has 1 N–H and O–H groups in total. The highest BCUT2D eigenvalue weighted by molar-refractivity contribution is 6.42. The molecule has 0 fully saturated rings. The number of aromatic carboxylic acids is 1. The molecule has 0 unspecified atom stereocenters. The first kappa shape index (κ1) is 16.0. The van der Waals surface area contributed by atoms with Crippen LogP contribution in [0.4, 0.5) is 10.1 Å². The van der Waals surface area contributed by atoms with Crippen LogP contribution in [-0.4, -0.2) is 22.6 Å². The summed E-state index contributed by atoms with van der Waals surface area (Å²) in [4.78, 5) is 17.0. The quantitative estimate of drug-likeness (QED) is 0.814. The highest BCUT2D eigenvalue weighted by atomic mass is 35.5. The lowest BCUT2D eigenvalue weighted by Gasteiger charge is -2.37. The Bertz CT molecular complexity index is 775. The fraction of sp³-hybridized carbons (Fsp3) is 0.250. The van der Waals surface area contributed by atoms with Crippen LogP contribution in [0.15, 0.2) is 24.4 Å². The van der Waals surface area contributed by atoms with E-state index >= 15 is 0 Å². The van der Waals surface area contributed by atoms with Gasteiger partial charge in [0, 0.05) is 18.4 Å². The monoisotopic (exact) mass is 354 g/mol. The van der Waals surface area contributed by atoms with E-state index in [0.29, 0.717) is 18.7 Å². The van der Waals surface area contributed by atoms with Gasteiger partial charge in [0.1, 0.15) is 11.5 Å². The molecule has 120 valence electrons. The minimum atomic E-state index is -1.05. The zero-order chi connectivity index (χ0) is 16.7. The zero-order valence-electron chi connectivity index (χ0n) is 12.2. The summed E-state index contributed by atoms with van der Waals surface area (Å²) >= 11 is 11.7. The third kappa shape index (κ3) is 2.86. The lowest BCUT2D eigenvalue weighted by atomic mass is 9.94. The average molecular weight is 355 g/mol. The van der Waals surface area contributed by atoms with Crippen LogP contribution in [-0.2, 0) is 6.42 Å². The van der Waals surface area contributed by atoms with Gasteiger partial charge < -0.3 is 10.0 Å². The molecule has 1 atom stereocenters. The van der Waals surface area contributed by atoms with Crippen LogP contribution in [0.3, 0.4) is 0 Å². The summed E-state index contributed by atoms with van der Waals surface area (Å²) in [5.74, 6) is -1.61. The van der Waals surface area contributed by atoms with E-state index in [0.717, 1.165) is 11.1 Å². The number of hydrogen-bond acceptors (Lipinski definition) is 3. The van der Waals surface area contributed by atoms with Gasteiger partial charge in [0.2, 0.25) is 0 Å². The van der Waals surface area contributed by atoms with Crippen LogP contribution in [0.25, 0.3) is 0 Å². The molecule has 0 saturated carbocycles. The van der Waals surface area contributed by atoms with Crippen molar-refractivity contribution < 1.29 is 14.3 Å². The molecule has 1 aliphatic rings. The number of pyridine rings is 1. The van der Waals surface area contributed by atoms with Crippen molar-refractivity contribution in [2.75, 3.05) is 11.4 Å². The van der Waals surface area contributed by atoms with Crippen molar-refractivity contribution in [1.29, 1.82) is 0 Å². The molecule has 0 amide bonds. The predicted octanol–water partition coefficient (Wildman–Crippen LogP) is 4.35. The van der Waals surface area contributed by atoms with Gasteiger partial charge in [-0.05, 0) is 42.7 Å². The smallest absolute Gasteiger partial charge is 0.354 e. The Labute approximate surface area is 142 Å². The van der Waals surface area contributed by atoms with Crippen LogP contribution >= 0.6 is 23.2 Å². The first-order valence-electron chi connectivity index (χ1n) is 7.01. The van der Waals surface area contributed by atoms with E-state index in [9.17, 15) is 9.18 Å². The standard InChI is InChI=1S/C16H13Cl2FN2O2/c1-8-11-7-20-14(16(22)23)4-9(11)2-3-21(8)10-5-12(17)15(18)13(19)6-10/h4-8H,2-3H2,1H3,(H,22,23)/t8-/m0/s1. The van der Waals surface area contributed by atoms with Crippen molar-refractivity contribution in [3.8, 4) is 0 Å². The number of carbonyl (C=O) groups is 1. The Balaban J connectivity index is 1.98. The van der Waals surface area contributed by atoms with Gasteiger partial charge in [-0.3, -0.25) is 0 Å². The molecule has 0 radical (unpaired) electrons. The number of carboxylic acids is 1. The number of aromatic nitrogens is 1. The molecule has 0 bridgehead atoms. The topological polar surface area (TPSA) is 53.4 Å². The number of halogens is 3. The average Bonchev–Trinajstić information content (AvgIpc) is 2.52. The molecule has 23 heavy (non-hydrogen) atoms. The molecule has 2 aromatic rings. The van der Waals surface area contributed by atoms with E-state index in [-0.39, 0.29) is 21.8 Å². The third-order valence-corrected chi connectivity index (χ3v) is 4.86.